The SMILES string of the molecule is CC1CCN(c2ncc(C(=O)Nc3nc(-c4cc(Cl)cs4)c(N4CCN(C5CCCCC5)CC4)s3)cc2Cl)CC1. The lowest BCUT2D eigenvalue weighted by atomic mass is 9.94. The number of rotatable bonds is 6. The van der Waals surface area contributed by atoms with E-state index in [1.165, 1.54) is 43.4 Å². The zero-order valence-electron chi connectivity index (χ0n) is 22.9. The first-order valence-electron chi connectivity index (χ1n) is 14.4. The van der Waals surface area contributed by atoms with Crippen LogP contribution in [0.1, 0.15) is 62.2 Å². The number of hydrogen-bond acceptors (Lipinski definition) is 8. The standard InChI is InChI=1S/C29H36Cl2N6OS2/c1-19-7-9-36(10-8-19)26-23(31)15-20(17-32-26)27(38)34-29-33-25(24-16-21(30)18-39-24)28(40-29)37-13-11-35(12-14-37)22-5-3-2-4-6-22/h15-19,22H,2-14H2,1H3,(H,33,34,38). The third-order valence-corrected chi connectivity index (χ3v) is 11.1. The number of carbonyl (C=O) groups is 1. The molecule has 0 spiro atoms. The second-order valence-corrected chi connectivity index (χ2v) is 14.0. The summed E-state index contributed by atoms with van der Waals surface area (Å²) in [5, 5.41) is 7.81. The number of pyridine rings is 1. The highest BCUT2D eigenvalue weighted by molar-refractivity contribution is 7.21. The summed E-state index contributed by atoms with van der Waals surface area (Å²) in [6.45, 7) is 8.17. The molecule has 2 saturated heterocycles. The molecule has 0 bridgehead atoms. The van der Waals surface area contributed by atoms with Gasteiger partial charge in [0, 0.05) is 56.9 Å². The molecule has 7 nitrogen and oxygen atoms in total. The van der Waals surface area contributed by atoms with Crippen molar-refractivity contribution in [1.29, 1.82) is 0 Å². The number of aromatic nitrogens is 2. The zero-order valence-corrected chi connectivity index (χ0v) is 26.0. The van der Waals surface area contributed by atoms with E-state index in [-0.39, 0.29) is 5.91 Å². The molecule has 40 heavy (non-hydrogen) atoms. The van der Waals surface area contributed by atoms with Gasteiger partial charge >= 0.3 is 0 Å². The van der Waals surface area contributed by atoms with Crippen molar-refractivity contribution in [2.75, 3.05) is 54.4 Å². The first kappa shape index (κ1) is 28.2. The Hall–Kier alpha value is -1.91. The summed E-state index contributed by atoms with van der Waals surface area (Å²) in [5.74, 6) is 1.22. The van der Waals surface area contributed by atoms with Crippen LogP contribution in [-0.2, 0) is 0 Å². The van der Waals surface area contributed by atoms with Crippen LogP contribution in [0.25, 0.3) is 10.6 Å². The number of nitrogens with zero attached hydrogens (tertiary/aromatic N) is 5. The lowest BCUT2D eigenvalue weighted by Crippen LogP contribution is -2.50. The van der Waals surface area contributed by atoms with E-state index in [1.54, 1.807) is 23.6 Å². The van der Waals surface area contributed by atoms with Crippen LogP contribution in [0, 0.1) is 5.92 Å². The summed E-state index contributed by atoms with van der Waals surface area (Å²) in [4.78, 5) is 31.0. The van der Waals surface area contributed by atoms with E-state index in [1.807, 2.05) is 11.4 Å². The van der Waals surface area contributed by atoms with Crippen molar-refractivity contribution in [3.8, 4) is 10.6 Å². The van der Waals surface area contributed by atoms with E-state index >= 15 is 0 Å². The second kappa shape index (κ2) is 12.5. The van der Waals surface area contributed by atoms with E-state index in [9.17, 15) is 4.79 Å². The summed E-state index contributed by atoms with van der Waals surface area (Å²) in [7, 11) is 0. The maximum Gasteiger partial charge on any atom is 0.259 e. The number of thiophene rings is 1. The van der Waals surface area contributed by atoms with Crippen molar-refractivity contribution >= 4 is 67.7 Å². The lowest BCUT2D eigenvalue weighted by molar-refractivity contribution is 0.102. The van der Waals surface area contributed by atoms with Gasteiger partial charge in [0.1, 0.15) is 16.5 Å². The molecule has 1 saturated carbocycles. The van der Waals surface area contributed by atoms with E-state index in [4.69, 9.17) is 28.2 Å². The van der Waals surface area contributed by atoms with E-state index in [0.717, 1.165) is 85.5 Å². The molecule has 0 unspecified atom stereocenters. The third-order valence-electron chi connectivity index (χ3n) is 8.49. The molecule has 0 atom stereocenters. The number of anilines is 3. The van der Waals surface area contributed by atoms with Crippen LogP contribution in [0.4, 0.5) is 16.0 Å². The molecule has 5 heterocycles. The number of amides is 1. The van der Waals surface area contributed by atoms with Crippen LogP contribution in [0.5, 0.6) is 0 Å². The average Bonchev–Trinajstić information content (AvgIpc) is 3.60. The fourth-order valence-corrected chi connectivity index (χ4v) is 8.53. The molecule has 3 aromatic rings. The van der Waals surface area contributed by atoms with Crippen molar-refractivity contribution < 1.29 is 4.79 Å². The van der Waals surface area contributed by atoms with Crippen LogP contribution in [-0.4, -0.2) is 66.1 Å². The maximum absolute atomic E-state index is 13.3. The first-order valence-corrected chi connectivity index (χ1v) is 16.9. The number of thiazole rings is 1. The smallest absolute Gasteiger partial charge is 0.259 e. The molecule has 0 aromatic carbocycles. The van der Waals surface area contributed by atoms with Gasteiger partial charge in [0.2, 0.25) is 0 Å². The average molecular weight is 620 g/mol. The predicted molar refractivity (Wildman–Crippen MR) is 169 cm³/mol. The molecule has 3 fully saturated rings. The van der Waals surface area contributed by atoms with Gasteiger partial charge in [0.25, 0.3) is 5.91 Å². The molecule has 1 amide bonds. The lowest BCUT2D eigenvalue weighted by Gasteiger charge is -2.41. The summed E-state index contributed by atoms with van der Waals surface area (Å²) in [5.41, 5.74) is 1.31. The van der Waals surface area contributed by atoms with Gasteiger partial charge in [-0.15, -0.1) is 11.3 Å². The first-order chi connectivity index (χ1) is 19.4. The van der Waals surface area contributed by atoms with Crippen molar-refractivity contribution in [2.24, 2.45) is 5.92 Å². The van der Waals surface area contributed by atoms with Gasteiger partial charge in [0.05, 0.1) is 20.5 Å². The Labute approximate surface area is 254 Å². The maximum atomic E-state index is 13.3. The van der Waals surface area contributed by atoms with Crippen LogP contribution in [0.3, 0.4) is 0 Å². The summed E-state index contributed by atoms with van der Waals surface area (Å²) < 4.78 is 0. The minimum Gasteiger partial charge on any atom is -0.359 e. The van der Waals surface area contributed by atoms with Crippen molar-refractivity contribution in [1.82, 2.24) is 14.9 Å². The largest absolute Gasteiger partial charge is 0.359 e. The number of carbonyl (C=O) groups excluding carboxylic acids is 1. The van der Waals surface area contributed by atoms with Gasteiger partial charge in [-0.1, -0.05) is 60.7 Å². The molecule has 3 aromatic heterocycles. The fourth-order valence-electron chi connectivity index (χ4n) is 6.09. The molecule has 1 N–H and O–H groups in total. The Bertz CT molecular complexity index is 1320. The Balaban J connectivity index is 1.18. The Morgan fingerprint density at radius 3 is 2.40 bits per heavy atom. The molecule has 2 aliphatic heterocycles. The summed E-state index contributed by atoms with van der Waals surface area (Å²) in [6.07, 6.45) is 10.6. The summed E-state index contributed by atoms with van der Waals surface area (Å²) in [6, 6.07) is 4.40. The Morgan fingerprint density at radius 1 is 0.975 bits per heavy atom. The minimum atomic E-state index is -0.258. The molecule has 0 radical (unpaired) electrons. The number of hydrogen-bond donors (Lipinski definition) is 1. The van der Waals surface area contributed by atoms with E-state index < -0.39 is 0 Å². The van der Waals surface area contributed by atoms with Gasteiger partial charge < -0.3 is 9.80 Å². The molecular formula is C29H36Cl2N6OS2. The Morgan fingerprint density at radius 2 is 1.73 bits per heavy atom. The highest BCUT2D eigenvalue weighted by atomic mass is 35.5. The van der Waals surface area contributed by atoms with Crippen LogP contribution in [0.2, 0.25) is 10.0 Å². The monoisotopic (exact) mass is 618 g/mol. The van der Waals surface area contributed by atoms with Gasteiger partial charge in [-0.2, -0.15) is 0 Å². The quantitative estimate of drug-likeness (QED) is 0.308. The van der Waals surface area contributed by atoms with Crippen LogP contribution < -0.4 is 15.1 Å². The second-order valence-electron chi connectivity index (χ2n) is 11.3. The number of piperazine rings is 1. The van der Waals surface area contributed by atoms with Crippen molar-refractivity contribution in [3.63, 3.8) is 0 Å². The number of halogens is 2. The normalized spacial score (nSPS) is 19.8. The topological polar surface area (TPSA) is 64.6 Å². The van der Waals surface area contributed by atoms with Crippen molar-refractivity contribution in [3.05, 3.63) is 39.3 Å². The molecular weight excluding hydrogens is 583 g/mol. The Kier molecular flexibility index (Phi) is 8.84. The molecule has 6 rings (SSSR count). The minimum absolute atomic E-state index is 0.258. The molecule has 11 heteroatoms. The van der Waals surface area contributed by atoms with Crippen LogP contribution in [0.15, 0.2) is 23.7 Å². The zero-order chi connectivity index (χ0) is 27.6. The molecule has 1 aliphatic carbocycles. The summed E-state index contributed by atoms with van der Waals surface area (Å²) >= 11 is 16.0. The van der Waals surface area contributed by atoms with E-state index in [2.05, 4.69) is 31.9 Å². The fraction of sp³-hybridized carbons (Fsp3) is 0.552. The van der Waals surface area contributed by atoms with E-state index in [0.29, 0.717) is 20.7 Å². The van der Waals surface area contributed by atoms with Crippen molar-refractivity contribution in [2.45, 2.75) is 57.9 Å². The highest BCUT2D eigenvalue weighted by Crippen LogP contribution is 2.42. The number of piperidine rings is 1. The molecule has 214 valence electrons. The molecule has 3 aliphatic rings. The van der Waals surface area contributed by atoms with Gasteiger partial charge in [-0.25, -0.2) is 9.97 Å². The van der Waals surface area contributed by atoms with Crippen LogP contribution >= 0.6 is 45.9 Å². The van der Waals surface area contributed by atoms with Gasteiger partial charge in [-0.3, -0.25) is 15.0 Å². The van der Waals surface area contributed by atoms with Gasteiger partial charge in [-0.05, 0) is 43.7 Å². The predicted octanol–water partition coefficient (Wildman–Crippen LogP) is 7.52. The highest BCUT2D eigenvalue weighted by Gasteiger charge is 2.29. The third kappa shape index (κ3) is 6.28. The number of nitrogens with one attached hydrogen (secondary N) is 1. The van der Waals surface area contributed by atoms with Gasteiger partial charge in [0.15, 0.2) is 5.13 Å².